The van der Waals surface area contributed by atoms with Gasteiger partial charge in [0.2, 0.25) is 0 Å². The highest BCUT2D eigenvalue weighted by Gasteiger charge is 2.26. The molecule has 0 aliphatic carbocycles. The highest BCUT2D eigenvalue weighted by atomic mass is 32.2. The molecule has 152 valence electrons. The molecule has 1 heterocycles. The van der Waals surface area contributed by atoms with Gasteiger partial charge < -0.3 is 0 Å². The van der Waals surface area contributed by atoms with Crippen LogP contribution in [0.15, 0.2) is 52.2 Å². The quantitative estimate of drug-likeness (QED) is 0.507. The molecule has 0 fully saturated rings. The van der Waals surface area contributed by atoms with Crippen molar-refractivity contribution in [3.8, 4) is 5.69 Å². The Labute approximate surface area is 167 Å². The summed E-state index contributed by atoms with van der Waals surface area (Å²) < 4.78 is 31.3. The van der Waals surface area contributed by atoms with Gasteiger partial charge in [0.05, 0.1) is 21.2 Å². The van der Waals surface area contributed by atoms with Gasteiger partial charge in [0.1, 0.15) is 5.69 Å². The van der Waals surface area contributed by atoms with Crippen molar-refractivity contribution in [3.63, 3.8) is 0 Å². The van der Waals surface area contributed by atoms with Crippen molar-refractivity contribution < 1.29 is 13.3 Å². The minimum atomic E-state index is -4.23. The molecular formula is C19H20N4O5S. The second-order valence-corrected chi connectivity index (χ2v) is 8.34. The average molecular weight is 416 g/mol. The van der Waals surface area contributed by atoms with E-state index in [0.717, 1.165) is 6.07 Å². The van der Waals surface area contributed by atoms with E-state index in [0.29, 0.717) is 22.5 Å². The first-order valence-electron chi connectivity index (χ1n) is 8.67. The second-order valence-electron chi connectivity index (χ2n) is 6.68. The molecule has 0 amide bonds. The Morgan fingerprint density at radius 2 is 1.69 bits per heavy atom. The number of nitro benzene ring substituents is 1. The van der Waals surface area contributed by atoms with Crippen molar-refractivity contribution in [2.45, 2.75) is 25.7 Å². The second kappa shape index (κ2) is 7.21. The van der Waals surface area contributed by atoms with Gasteiger partial charge in [-0.15, -0.1) is 0 Å². The van der Waals surface area contributed by atoms with Crippen LogP contribution in [-0.2, 0) is 17.1 Å². The summed E-state index contributed by atoms with van der Waals surface area (Å²) >= 11 is 0. The molecule has 0 aliphatic rings. The normalized spacial score (nSPS) is 11.4. The molecule has 0 bridgehead atoms. The first kappa shape index (κ1) is 20.3. The van der Waals surface area contributed by atoms with Crippen molar-refractivity contribution in [3.05, 3.63) is 79.8 Å². The van der Waals surface area contributed by atoms with Gasteiger partial charge in [0, 0.05) is 19.2 Å². The van der Waals surface area contributed by atoms with Crippen molar-refractivity contribution >= 4 is 21.4 Å². The molecule has 10 heteroatoms. The van der Waals surface area contributed by atoms with E-state index >= 15 is 0 Å². The number of rotatable bonds is 5. The van der Waals surface area contributed by atoms with E-state index in [1.54, 1.807) is 62.8 Å². The molecule has 3 aromatic rings. The van der Waals surface area contributed by atoms with Crippen LogP contribution in [0.4, 0.5) is 11.4 Å². The fourth-order valence-electron chi connectivity index (χ4n) is 3.07. The number of aryl methyl sites for hydroxylation is 1. The van der Waals surface area contributed by atoms with Crippen LogP contribution in [0.5, 0.6) is 0 Å². The first-order chi connectivity index (χ1) is 13.5. The Morgan fingerprint density at radius 3 is 2.28 bits per heavy atom. The Kier molecular flexibility index (Phi) is 5.05. The highest BCUT2D eigenvalue weighted by molar-refractivity contribution is 7.92. The van der Waals surface area contributed by atoms with Crippen molar-refractivity contribution in [2.75, 3.05) is 4.72 Å². The van der Waals surface area contributed by atoms with Crippen LogP contribution in [0, 0.1) is 30.9 Å². The maximum atomic E-state index is 13.0. The number of anilines is 1. The number of para-hydroxylation sites is 1. The van der Waals surface area contributed by atoms with E-state index in [1.165, 1.54) is 10.7 Å². The van der Waals surface area contributed by atoms with Gasteiger partial charge in [-0.3, -0.25) is 24.3 Å². The Hall–Kier alpha value is -3.40. The number of sulfonamides is 1. The van der Waals surface area contributed by atoms with Gasteiger partial charge in [-0.25, -0.2) is 13.1 Å². The fourth-order valence-corrected chi connectivity index (χ4v) is 4.52. The number of aromatic nitrogens is 2. The zero-order valence-corrected chi connectivity index (χ0v) is 17.1. The molecule has 1 N–H and O–H groups in total. The molecule has 0 aliphatic heterocycles. The lowest BCUT2D eigenvalue weighted by Crippen LogP contribution is -2.23. The Morgan fingerprint density at radius 1 is 1.07 bits per heavy atom. The highest BCUT2D eigenvalue weighted by Crippen LogP contribution is 2.27. The standard InChI is InChI=1S/C19H20N4O5S/c1-12-10-16(23(25)26)11-17(13(12)2)29(27,28)20-18-14(3)21(4)22(19(18)24)15-8-6-5-7-9-15/h5-11,20H,1-4H3. The third kappa shape index (κ3) is 3.54. The maximum Gasteiger partial charge on any atom is 0.296 e. The van der Waals surface area contributed by atoms with E-state index in [1.807, 2.05) is 0 Å². The zero-order valence-electron chi connectivity index (χ0n) is 16.3. The van der Waals surface area contributed by atoms with Gasteiger partial charge in [-0.05, 0) is 44.0 Å². The van der Waals surface area contributed by atoms with Crippen LogP contribution in [0.3, 0.4) is 0 Å². The molecule has 0 saturated carbocycles. The fraction of sp³-hybridized carbons (Fsp3) is 0.211. The molecule has 1 aromatic heterocycles. The van der Waals surface area contributed by atoms with Crippen molar-refractivity contribution in [1.82, 2.24) is 9.36 Å². The predicted molar refractivity (Wildman–Crippen MR) is 109 cm³/mol. The van der Waals surface area contributed by atoms with Gasteiger partial charge >= 0.3 is 0 Å². The van der Waals surface area contributed by atoms with Crippen LogP contribution >= 0.6 is 0 Å². The number of non-ortho nitro benzene ring substituents is 1. The van der Waals surface area contributed by atoms with Gasteiger partial charge in [-0.2, -0.15) is 0 Å². The van der Waals surface area contributed by atoms with Crippen LogP contribution in [0.1, 0.15) is 16.8 Å². The van der Waals surface area contributed by atoms with Crippen LogP contribution in [0.25, 0.3) is 5.69 Å². The lowest BCUT2D eigenvalue weighted by Gasteiger charge is -2.11. The lowest BCUT2D eigenvalue weighted by atomic mass is 10.1. The smallest absolute Gasteiger partial charge is 0.283 e. The monoisotopic (exact) mass is 416 g/mol. The van der Waals surface area contributed by atoms with Crippen LogP contribution in [0.2, 0.25) is 0 Å². The summed E-state index contributed by atoms with van der Waals surface area (Å²) in [5.74, 6) is 0. The summed E-state index contributed by atoms with van der Waals surface area (Å²) in [4.78, 5) is 23.2. The number of hydrogen-bond acceptors (Lipinski definition) is 5. The summed E-state index contributed by atoms with van der Waals surface area (Å²) in [5.41, 5.74) is 0.837. The van der Waals surface area contributed by atoms with Crippen LogP contribution in [-0.4, -0.2) is 22.7 Å². The molecule has 0 saturated heterocycles. The van der Waals surface area contributed by atoms with E-state index < -0.39 is 20.5 Å². The summed E-state index contributed by atoms with van der Waals surface area (Å²) in [7, 11) is -2.59. The third-order valence-electron chi connectivity index (χ3n) is 4.90. The van der Waals surface area contributed by atoms with Gasteiger partial charge in [-0.1, -0.05) is 18.2 Å². The molecule has 0 radical (unpaired) electrons. The Balaban J connectivity index is 2.14. The Bertz CT molecular complexity index is 1270. The van der Waals surface area contributed by atoms with E-state index in [-0.39, 0.29) is 16.3 Å². The summed E-state index contributed by atoms with van der Waals surface area (Å²) in [6, 6.07) is 11.1. The molecule has 29 heavy (non-hydrogen) atoms. The van der Waals surface area contributed by atoms with Gasteiger partial charge in [0.25, 0.3) is 21.3 Å². The number of hydrogen-bond donors (Lipinski definition) is 1. The van der Waals surface area contributed by atoms with Crippen molar-refractivity contribution in [1.29, 1.82) is 0 Å². The summed E-state index contributed by atoms with van der Waals surface area (Å²) in [6.07, 6.45) is 0. The molecule has 0 unspecified atom stereocenters. The van der Waals surface area contributed by atoms with E-state index in [2.05, 4.69) is 4.72 Å². The van der Waals surface area contributed by atoms with Crippen molar-refractivity contribution in [2.24, 2.45) is 7.05 Å². The van der Waals surface area contributed by atoms with E-state index in [9.17, 15) is 23.3 Å². The molecule has 2 aromatic carbocycles. The predicted octanol–water partition coefficient (Wildman–Crippen LogP) is 2.81. The van der Waals surface area contributed by atoms with Gasteiger partial charge in [0.15, 0.2) is 0 Å². The lowest BCUT2D eigenvalue weighted by molar-refractivity contribution is -0.385. The molecular weight excluding hydrogens is 396 g/mol. The van der Waals surface area contributed by atoms with Crippen LogP contribution < -0.4 is 10.3 Å². The molecule has 0 spiro atoms. The first-order valence-corrected chi connectivity index (χ1v) is 10.2. The number of benzene rings is 2. The largest absolute Gasteiger partial charge is 0.296 e. The number of nitrogens with zero attached hydrogens (tertiary/aromatic N) is 3. The number of nitro groups is 1. The third-order valence-corrected chi connectivity index (χ3v) is 6.37. The SMILES string of the molecule is Cc1cc([N+](=O)[O-])cc(S(=O)(=O)Nc2c(C)n(C)n(-c3ccccc3)c2=O)c1C. The average Bonchev–Trinajstić information content (AvgIpc) is 2.87. The summed E-state index contributed by atoms with van der Waals surface area (Å²) in [5, 5.41) is 11.1. The molecule has 9 nitrogen and oxygen atoms in total. The van der Waals surface area contributed by atoms with E-state index in [4.69, 9.17) is 0 Å². The minimum absolute atomic E-state index is 0.111. The molecule has 3 rings (SSSR count). The molecule has 0 atom stereocenters. The zero-order chi connectivity index (χ0) is 21.5. The minimum Gasteiger partial charge on any atom is -0.283 e. The maximum absolute atomic E-state index is 13.0. The summed E-state index contributed by atoms with van der Waals surface area (Å²) in [6.45, 7) is 4.77. The number of nitrogens with one attached hydrogen (secondary N) is 1. The topological polar surface area (TPSA) is 116 Å².